The Kier molecular flexibility index (Phi) is 3.66. The molecule has 0 aliphatic heterocycles. The number of carbonyl (C=O) groups excluding carboxylic acids is 1. The third kappa shape index (κ3) is 2.86. The molecular formula is C16H20BrNO. The largest absolute Gasteiger partial charge is 0.326 e. The van der Waals surface area contributed by atoms with Gasteiger partial charge in [0.25, 0.3) is 0 Å². The average Bonchev–Trinajstić information content (AvgIpc) is 2.95. The monoisotopic (exact) mass is 321 g/mol. The highest BCUT2D eigenvalue weighted by molar-refractivity contribution is 9.10. The maximum absolute atomic E-state index is 12.2. The van der Waals surface area contributed by atoms with Crippen LogP contribution >= 0.6 is 15.9 Å². The number of fused-ring (bicyclic) bond motifs is 2. The number of anilines is 1. The zero-order valence-corrected chi connectivity index (χ0v) is 12.9. The van der Waals surface area contributed by atoms with E-state index in [1.807, 2.05) is 25.1 Å². The molecule has 1 N–H and O–H groups in total. The molecule has 0 heterocycles. The summed E-state index contributed by atoms with van der Waals surface area (Å²) in [5.41, 5.74) is 2.05. The van der Waals surface area contributed by atoms with Crippen molar-refractivity contribution in [3.63, 3.8) is 0 Å². The van der Waals surface area contributed by atoms with Crippen molar-refractivity contribution < 1.29 is 4.79 Å². The highest BCUT2D eigenvalue weighted by Crippen LogP contribution is 2.49. The fourth-order valence-corrected chi connectivity index (χ4v) is 4.31. The maximum atomic E-state index is 12.2. The van der Waals surface area contributed by atoms with Crippen molar-refractivity contribution >= 4 is 27.5 Å². The third-order valence-corrected chi connectivity index (χ3v) is 5.29. The van der Waals surface area contributed by atoms with Crippen molar-refractivity contribution in [2.24, 2.45) is 17.8 Å². The lowest BCUT2D eigenvalue weighted by molar-refractivity contribution is -0.117. The first-order valence-electron chi connectivity index (χ1n) is 7.18. The van der Waals surface area contributed by atoms with E-state index in [2.05, 4.69) is 21.2 Å². The van der Waals surface area contributed by atoms with Gasteiger partial charge in [-0.1, -0.05) is 22.4 Å². The molecule has 102 valence electrons. The van der Waals surface area contributed by atoms with Crippen LogP contribution in [0.2, 0.25) is 0 Å². The molecule has 2 saturated carbocycles. The van der Waals surface area contributed by atoms with Crippen LogP contribution in [0.25, 0.3) is 0 Å². The number of amides is 1. The Morgan fingerprint density at radius 1 is 1.37 bits per heavy atom. The Balaban J connectivity index is 1.59. The van der Waals surface area contributed by atoms with Crippen molar-refractivity contribution in [3.05, 3.63) is 28.2 Å². The van der Waals surface area contributed by atoms with Crippen molar-refractivity contribution in [1.82, 2.24) is 0 Å². The van der Waals surface area contributed by atoms with Crippen LogP contribution in [-0.4, -0.2) is 5.91 Å². The van der Waals surface area contributed by atoms with Gasteiger partial charge in [0.2, 0.25) is 5.91 Å². The minimum atomic E-state index is 0.183. The number of halogens is 1. The summed E-state index contributed by atoms with van der Waals surface area (Å²) in [4.78, 5) is 12.2. The van der Waals surface area contributed by atoms with Crippen LogP contribution in [0, 0.1) is 24.7 Å². The van der Waals surface area contributed by atoms with Gasteiger partial charge in [-0.05, 0) is 67.7 Å². The first-order chi connectivity index (χ1) is 9.11. The first-order valence-corrected chi connectivity index (χ1v) is 7.97. The van der Waals surface area contributed by atoms with E-state index in [-0.39, 0.29) is 5.91 Å². The number of carbonyl (C=O) groups is 1. The van der Waals surface area contributed by atoms with Crippen LogP contribution in [0.3, 0.4) is 0 Å². The molecule has 1 aromatic rings. The summed E-state index contributed by atoms with van der Waals surface area (Å²) in [5.74, 6) is 2.55. The zero-order chi connectivity index (χ0) is 13.4. The molecule has 0 spiro atoms. The molecule has 3 unspecified atom stereocenters. The number of benzene rings is 1. The second-order valence-electron chi connectivity index (χ2n) is 6.15. The van der Waals surface area contributed by atoms with Crippen LogP contribution in [0.15, 0.2) is 22.7 Å². The number of aryl methyl sites for hydroxylation is 1. The SMILES string of the molecule is Cc1cc(Br)ccc1NC(=O)CC1CC2CCC1C2. The molecule has 2 fully saturated rings. The van der Waals surface area contributed by atoms with Crippen molar-refractivity contribution in [2.75, 3.05) is 5.32 Å². The fourth-order valence-electron chi connectivity index (χ4n) is 3.83. The molecule has 1 amide bonds. The van der Waals surface area contributed by atoms with Crippen LogP contribution in [0.1, 0.15) is 37.7 Å². The Labute approximate surface area is 123 Å². The quantitative estimate of drug-likeness (QED) is 0.871. The highest BCUT2D eigenvalue weighted by Gasteiger charge is 2.40. The van der Waals surface area contributed by atoms with E-state index in [0.717, 1.165) is 27.6 Å². The topological polar surface area (TPSA) is 29.1 Å². The second kappa shape index (κ2) is 5.28. The Morgan fingerprint density at radius 2 is 2.21 bits per heavy atom. The van der Waals surface area contributed by atoms with E-state index in [9.17, 15) is 4.79 Å². The van der Waals surface area contributed by atoms with Gasteiger partial charge >= 0.3 is 0 Å². The van der Waals surface area contributed by atoms with Gasteiger partial charge in [0.15, 0.2) is 0 Å². The smallest absolute Gasteiger partial charge is 0.224 e. The summed E-state index contributed by atoms with van der Waals surface area (Å²) in [7, 11) is 0. The van der Waals surface area contributed by atoms with Crippen molar-refractivity contribution in [3.8, 4) is 0 Å². The Bertz CT molecular complexity index is 500. The summed E-state index contributed by atoms with van der Waals surface area (Å²) in [6.45, 7) is 2.03. The molecule has 0 saturated heterocycles. The van der Waals surface area contributed by atoms with Gasteiger partial charge in [0.1, 0.15) is 0 Å². The predicted octanol–water partition coefficient (Wildman–Crippen LogP) is 4.52. The minimum absolute atomic E-state index is 0.183. The van der Waals surface area contributed by atoms with Gasteiger partial charge in [-0.2, -0.15) is 0 Å². The number of nitrogens with one attached hydrogen (secondary N) is 1. The van der Waals surface area contributed by atoms with E-state index < -0.39 is 0 Å². The summed E-state index contributed by atoms with van der Waals surface area (Å²) >= 11 is 3.44. The van der Waals surface area contributed by atoms with E-state index in [1.165, 1.54) is 25.7 Å². The Morgan fingerprint density at radius 3 is 2.84 bits per heavy atom. The van der Waals surface area contributed by atoms with E-state index in [0.29, 0.717) is 12.3 Å². The molecule has 2 bridgehead atoms. The molecule has 2 aliphatic rings. The molecule has 3 heteroatoms. The minimum Gasteiger partial charge on any atom is -0.326 e. The Hall–Kier alpha value is -0.830. The molecule has 19 heavy (non-hydrogen) atoms. The van der Waals surface area contributed by atoms with Gasteiger partial charge in [-0.15, -0.1) is 0 Å². The van der Waals surface area contributed by atoms with Crippen LogP contribution in [0.4, 0.5) is 5.69 Å². The second-order valence-corrected chi connectivity index (χ2v) is 7.06. The molecule has 0 aromatic heterocycles. The van der Waals surface area contributed by atoms with Gasteiger partial charge in [-0.3, -0.25) is 4.79 Å². The fraction of sp³-hybridized carbons (Fsp3) is 0.562. The summed E-state index contributed by atoms with van der Waals surface area (Å²) < 4.78 is 1.05. The van der Waals surface area contributed by atoms with E-state index in [1.54, 1.807) is 0 Å². The van der Waals surface area contributed by atoms with E-state index in [4.69, 9.17) is 0 Å². The van der Waals surface area contributed by atoms with E-state index >= 15 is 0 Å². The maximum Gasteiger partial charge on any atom is 0.224 e. The van der Waals surface area contributed by atoms with Crippen molar-refractivity contribution in [1.29, 1.82) is 0 Å². The highest BCUT2D eigenvalue weighted by atomic mass is 79.9. The standard InChI is InChI=1S/C16H20BrNO/c1-10-6-14(17)4-5-15(10)18-16(19)9-13-8-11-2-3-12(13)7-11/h4-6,11-13H,2-3,7-9H2,1H3,(H,18,19). The lowest BCUT2D eigenvalue weighted by Crippen LogP contribution is -2.20. The molecular weight excluding hydrogens is 302 g/mol. The molecule has 3 rings (SSSR count). The van der Waals surface area contributed by atoms with Crippen molar-refractivity contribution in [2.45, 2.75) is 39.0 Å². The lowest BCUT2D eigenvalue weighted by Gasteiger charge is -2.21. The van der Waals surface area contributed by atoms with Crippen LogP contribution in [-0.2, 0) is 4.79 Å². The van der Waals surface area contributed by atoms with Crippen LogP contribution in [0.5, 0.6) is 0 Å². The van der Waals surface area contributed by atoms with Gasteiger partial charge in [-0.25, -0.2) is 0 Å². The average molecular weight is 322 g/mol. The summed E-state index contributed by atoms with van der Waals surface area (Å²) in [6, 6.07) is 5.98. The van der Waals surface area contributed by atoms with Gasteiger partial charge in [0, 0.05) is 16.6 Å². The summed E-state index contributed by atoms with van der Waals surface area (Å²) in [5, 5.41) is 3.06. The lowest BCUT2D eigenvalue weighted by atomic mass is 9.86. The zero-order valence-electron chi connectivity index (χ0n) is 11.3. The normalized spacial score (nSPS) is 28.6. The molecule has 2 aliphatic carbocycles. The molecule has 1 aromatic carbocycles. The number of hydrogen-bond donors (Lipinski definition) is 1. The van der Waals surface area contributed by atoms with Gasteiger partial charge in [0.05, 0.1) is 0 Å². The third-order valence-electron chi connectivity index (χ3n) is 4.79. The first kappa shape index (κ1) is 13.2. The number of hydrogen-bond acceptors (Lipinski definition) is 1. The van der Waals surface area contributed by atoms with Gasteiger partial charge < -0.3 is 5.32 Å². The predicted molar refractivity (Wildman–Crippen MR) is 81.1 cm³/mol. The molecule has 0 radical (unpaired) electrons. The molecule has 3 atom stereocenters. The summed E-state index contributed by atoms with van der Waals surface area (Å²) in [6.07, 6.45) is 6.10. The van der Waals surface area contributed by atoms with Crippen LogP contribution < -0.4 is 5.32 Å². The number of rotatable bonds is 3. The molecule has 2 nitrogen and oxygen atoms in total.